The number of ether oxygens (including phenoxy) is 1. The van der Waals surface area contributed by atoms with Crippen LogP contribution in [-0.2, 0) is 9.59 Å². The van der Waals surface area contributed by atoms with E-state index in [1.54, 1.807) is 24.3 Å². The first-order chi connectivity index (χ1) is 9.43. The zero-order chi connectivity index (χ0) is 15.1. The molecule has 2 unspecified atom stereocenters. The van der Waals surface area contributed by atoms with E-state index in [-0.39, 0.29) is 13.0 Å². The summed E-state index contributed by atoms with van der Waals surface area (Å²) in [6, 6.07) is 5.80. The molecule has 1 rings (SSSR count). The Kier molecular flexibility index (Phi) is 6.47. The second-order valence-electron chi connectivity index (χ2n) is 4.13. The fraction of sp³-hybridized carbons (Fsp3) is 0.385. The Bertz CT molecular complexity index is 462. The van der Waals surface area contributed by atoms with E-state index in [9.17, 15) is 9.59 Å². The second kappa shape index (κ2) is 7.86. The van der Waals surface area contributed by atoms with Crippen LogP contribution >= 0.6 is 15.9 Å². The molecule has 0 radical (unpaired) electrons. The van der Waals surface area contributed by atoms with Crippen molar-refractivity contribution in [3.63, 3.8) is 0 Å². The highest BCUT2D eigenvalue weighted by Crippen LogP contribution is 2.17. The first-order valence-corrected chi connectivity index (χ1v) is 6.79. The molecule has 0 fully saturated rings. The number of benzene rings is 1. The molecule has 1 amide bonds. The van der Waals surface area contributed by atoms with Crippen LogP contribution < -0.4 is 10.1 Å². The Labute approximate surface area is 124 Å². The van der Waals surface area contributed by atoms with Gasteiger partial charge >= 0.3 is 5.97 Å². The number of hydrogen-bond donors (Lipinski definition) is 3. The van der Waals surface area contributed by atoms with Crippen molar-refractivity contribution in [1.29, 1.82) is 0 Å². The minimum absolute atomic E-state index is 0.0495. The highest BCUT2D eigenvalue weighted by Gasteiger charge is 2.23. The predicted molar refractivity (Wildman–Crippen MR) is 75.5 cm³/mol. The summed E-state index contributed by atoms with van der Waals surface area (Å²) >= 11 is 3.28. The summed E-state index contributed by atoms with van der Waals surface area (Å²) in [4.78, 5) is 22.7. The molecule has 7 heteroatoms. The minimum Gasteiger partial charge on any atom is -0.481 e. The van der Waals surface area contributed by atoms with Gasteiger partial charge in [0.25, 0.3) is 5.91 Å². The van der Waals surface area contributed by atoms with Crippen molar-refractivity contribution in [2.24, 2.45) is 0 Å². The van der Waals surface area contributed by atoms with Gasteiger partial charge in [0.2, 0.25) is 0 Å². The van der Waals surface area contributed by atoms with E-state index in [0.717, 1.165) is 4.47 Å². The van der Waals surface area contributed by atoms with E-state index in [1.165, 1.54) is 6.92 Å². The molecule has 2 atom stereocenters. The van der Waals surface area contributed by atoms with Gasteiger partial charge < -0.3 is 20.3 Å². The van der Waals surface area contributed by atoms with Crippen LogP contribution in [0.3, 0.4) is 0 Å². The molecule has 3 N–H and O–H groups in total. The van der Waals surface area contributed by atoms with Gasteiger partial charge in [-0.05, 0) is 31.2 Å². The lowest BCUT2D eigenvalue weighted by Gasteiger charge is -2.18. The third kappa shape index (κ3) is 5.18. The quantitative estimate of drug-likeness (QED) is 0.689. The number of carbonyl (C=O) groups is 2. The molecular formula is C13H16BrNO5. The Morgan fingerprint density at radius 3 is 2.45 bits per heavy atom. The van der Waals surface area contributed by atoms with Gasteiger partial charge in [0.15, 0.2) is 6.10 Å². The molecule has 0 heterocycles. The molecule has 0 aromatic heterocycles. The van der Waals surface area contributed by atoms with Crippen LogP contribution in [0.15, 0.2) is 28.7 Å². The summed E-state index contributed by atoms with van der Waals surface area (Å²) in [5, 5.41) is 19.9. The van der Waals surface area contributed by atoms with Gasteiger partial charge in [-0.1, -0.05) is 15.9 Å². The van der Waals surface area contributed by atoms with Crippen molar-refractivity contribution in [3.8, 4) is 5.75 Å². The largest absolute Gasteiger partial charge is 0.481 e. The van der Waals surface area contributed by atoms with Crippen LogP contribution in [0.4, 0.5) is 0 Å². The fourth-order valence-electron chi connectivity index (χ4n) is 1.45. The summed E-state index contributed by atoms with van der Waals surface area (Å²) in [5.74, 6) is -1.23. The molecular weight excluding hydrogens is 330 g/mol. The second-order valence-corrected chi connectivity index (χ2v) is 5.04. The average molecular weight is 346 g/mol. The molecule has 0 saturated heterocycles. The number of aliphatic hydroxyl groups is 1. The molecule has 0 aliphatic rings. The number of aliphatic hydroxyl groups excluding tert-OH is 1. The maximum atomic E-state index is 11.8. The fourth-order valence-corrected chi connectivity index (χ4v) is 1.71. The van der Waals surface area contributed by atoms with Gasteiger partial charge in [0.05, 0.1) is 0 Å². The van der Waals surface area contributed by atoms with E-state index >= 15 is 0 Å². The number of aliphatic carboxylic acids is 1. The smallest absolute Gasteiger partial charge is 0.326 e. The number of nitrogens with one attached hydrogen (secondary N) is 1. The Morgan fingerprint density at radius 1 is 1.35 bits per heavy atom. The molecule has 0 saturated carbocycles. The molecule has 20 heavy (non-hydrogen) atoms. The van der Waals surface area contributed by atoms with Gasteiger partial charge in [-0.15, -0.1) is 0 Å². The minimum atomic E-state index is -1.19. The number of amides is 1. The highest BCUT2D eigenvalue weighted by molar-refractivity contribution is 9.10. The standard InChI is InChI=1S/C13H16BrNO5/c1-8(20-10-4-2-9(14)3-5-10)12(17)15-11(6-7-16)13(18)19/h2-5,8,11,16H,6-7H2,1H3,(H,15,17)(H,18,19). The number of halogens is 1. The first-order valence-electron chi connectivity index (χ1n) is 6.00. The van der Waals surface area contributed by atoms with E-state index in [2.05, 4.69) is 21.2 Å². The number of hydrogen-bond acceptors (Lipinski definition) is 4. The average Bonchev–Trinajstić information content (AvgIpc) is 2.40. The van der Waals surface area contributed by atoms with E-state index in [0.29, 0.717) is 5.75 Å². The molecule has 110 valence electrons. The third-order valence-electron chi connectivity index (χ3n) is 2.53. The van der Waals surface area contributed by atoms with Crippen LogP contribution in [0.1, 0.15) is 13.3 Å². The monoisotopic (exact) mass is 345 g/mol. The Hall–Kier alpha value is -1.60. The van der Waals surface area contributed by atoms with Gasteiger partial charge in [-0.2, -0.15) is 0 Å². The summed E-state index contributed by atoms with van der Waals surface area (Å²) in [5.41, 5.74) is 0. The zero-order valence-electron chi connectivity index (χ0n) is 10.9. The van der Waals surface area contributed by atoms with Gasteiger partial charge in [-0.3, -0.25) is 4.79 Å². The maximum absolute atomic E-state index is 11.8. The Balaban J connectivity index is 2.57. The maximum Gasteiger partial charge on any atom is 0.326 e. The summed E-state index contributed by atoms with van der Waals surface area (Å²) < 4.78 is 6.29. The van der Waals surface area contributed by atoms with Crippen LogP contribution in [-0.4, -0.2) is 40.8 Å². The van der Waals surface area contributed by atoms with Crippen LogP contribution in [0.25, 0.3) is 0 Å². The normalized spacial score (nSPS) is 13.3. The summed E-state index contributed by atoms with van der Waals surface area (Å²) in [6.45, 7) is 1.20. The molecule has 0 aliphatic carbocycles. The van der Waals surface area contributed by atoms with Gasteiger partial charge in [0, 0.05) is 17.5 Å². The zero-order valence-corrected chi connectivity index (χ0v) is 12.5. The van der Waals surface area contributed by atoms with Crippen molar-refractivity contribution < 1.29 is 24.5 Å². The van der Waals surface area contributed by atoms with Crippen molar-refractivity contribution in [1.82, 2.24) is 5.32 Å². The number of carbonyl (C=O) groups excluding carboxylic acids is 1. The summed E-state index contributed by atoms with van der Waals surface area (Å²) in [7, 11) is 0. The van der Waals surface area contributed by atoms with Gasteiger partial charge in [-0.25, -0.2) is 4.79 Å². The van der Waals surface area contributed by atoms with Crippen molar-refractivity contribution in [2.75, 3.05) is 6.61 Å². The van der Waals surface area contributed by atoms with Crippen LogP contribution in [0.2, 0.25) is 0 Å². The number of rotatable bonds is 7. The van der Waals surface area contributed by atoms with Crippen molar-refractivity contribution in [3.05, 3.63) is 28.7 Å². The molecule has 0 spiro atoms. The van der Waals surface area contributed by atoms with Crippen molar-refractivity contribution >= 4 is 27.8 Å². The number of carboxylic acids is 1. The molecule has 1 aromatic rings. The number of carboxylic acid groups (broad SMARTS) is 1. The predicted octanol–water partition coefficient (Wildman–Crippen LogP) is 1.17. The van der Waals surface area contributed by atoms with E-state index in [1.807, 2.05) is 0 Å². The highest BCUT2D eigenvalue weighted by atomic mass is 79.9. The molecule has 1 aromatic carbocycles. The molecule has 6 nitrogen and oxygen atoms in total. The Morgan fingerprint density at radius 2 is 1.95 bits per heavy atom. The van der Waals surface area contributed by atoms with Crippen LogP contribution in [0, 0.1) is 0 Å². The molecule has 0 aliphatic heterocycles. The lowest BCUT2D eigenvalue weighted by molar-refractivity contribution is -0.143. The topological polar surface area (TPSA) is 95.9 Å². The van der Waals surface area contributed by atoms with Gasteiger partial charge in [0.1, 0.15) is 11.8 Å². The van der Waals surface area contributed by atoms with E-state index < -0.39 is 24.0 Å². The summed E-state index contributed by atoms with van der Waals surface area (Å²) in [6.07, 6.45) is -0.886. The van der Waals surface area contributed by atoms with Crippen molar-refractivity contribution in [2.45, 2.75) is 25.5 Å². The third-order valence-corrected chi connectivity index (χ3v) is 3.06. The molecule has 0 bridgehead atoms. The lowest BCUT2D eigenvalue weighted by Crippen LogP contribution is -2.46. The first kappa shape index (κ1) is 16.5. The van der Waals surface area contributed by atoms with Crippen LogP contribution in [0.5, 0.6) is 5.75 Å². The SMILES string of the molecule is CC(Oc1ccc(Br)cc1)C(=O)NC(CCO)C(=O)O. The van der Waals surface area contributed by atoms with E-state index in [4.69, 9.17) is 14.9 Å². The lowest BCUT2D eigenvalue weighted by atomic mass is 10.2.